The van der Waals surface area contributed by atoms with E-state index in [4.69, 9.17) is 9.84 Å². The third-order valence-electron chi connectivity index (χ3n) is 2.75. The number of likely N-dealkylation sites (N-methyl/N-ethyl adjacent to an activating group) is 1. The molecule has 1 heterocycles. The van der Waals surface area contributed by atoms with Crippen LogP contribution in [-0.2, 0) is 6.42 Å². The number of carboxylic acids is 1. The first kappa shape index (κ1) is 11.0. The molecule has 2 N–H and O–H groups in total. The zero-order chi connectivity index (χ0) is 11.5. The number of carboxylic acid groups (broad SMARTS) is 1. The van der Waals surface area contributed by atoms with Crippen LogP contribution in [-0.4, -0.2) is 30.3 Å². The van der Waals surface area contributed by atoms with E-state index in [0.29, 0.717) is 24.3 Å². The first-order valence-corrected chi connectivity index (χ1v) is 5.43. The summed E-state index contributed by atoms with van der Waals surface area (Å²) in [7, 11) is 0. The van der Waals surface area contributed by atoms with Crippen molar-refractivity contribution in [1.29, 1.82) is 0 Å². The number of rotatable bonds is 3. The van der Waals surface area contributed by atoms with Crippen molar-refractivity contribution >= 4 is 5.97 Å². The maximum absolute atomic E-state index is 11.1. The SMILES string of the molecule is CCNC1COc2cccc(C(=O)O)c2C1. The zero-order valence-electron chi connectivity index (χ0n) is 9.19. The average Bonchev–Trinajstić information content (AvgIpc) is 2.28. The molecule has 0 aromatic heterocycles. The molecule has 2 rings (SSSR count). The van der Waals surface area contributed by atoms with E-state index in [9.17, 15) is 4.79 Å². The summed E-state index contributed by atoms with van der Waals surface area (Å²) in [5.41, 5.74) is 1.15. The third-order valence-corrected chi connectivity index (χ3v) is 2.75. The molecule has 16 heavy (non-hydrogen) atoms. The van der Waals surface area contributed by atoms with E-state index in [1.54, 1.807) is 12.1 Å². The number of benzene rings is 1. The van der Waals surface area contributed by atoms with Crippen molar-refractivity contribution in [3.8, 4) is 5.75 Å². The number of fused-ring (bicyclic) bond motifs is 1. The lowest BCUT2D eigenvalue weighted by atomic mass is 9.97. The molecular formula is C12H15NO3. The van der Waals surface area contributed by atoms with E-state index < -0.39 is 5.97 Å². The Kier molecular flexibility index (Phi) is 3.10. The van der Waals surface area contributed by atoms with Gasteiger partial charge in [0.1, 0.15) is 12.4 Å². The minimum atomic E-state index is -0.891. The summed E-state index contributed by atoms with van der Waals surface area (Å²) in [5.74, 6) is -0.188. The Hall–Kier alpha value is -1.55. The average molecular weight is 221 g/mol. The van der Waals surface area contributed by atoms with Crippen LogP contribution in [0.25, 0.3) is 0 Å². The summed E-state index contributed by atoms with van der Waals surface area (Å²) in [6.45, 7) is 3.49. The molecule has 4 nitrogen and oxygen atoms in total. The topological polar surface area (TPSA) is 58.6 Å². The van der Waals surface area contributed by atoms with Gasteiger partial charge in [0.15, 0.2) is 0 Å². The molecule has 0 saturated heterocycles. The van der Waals surface area contributed by atoms with Crippen LogP contribution >= 0.6 is 0 Å². The molecule has 1 aromatic carbocycles. The summed E-state index contributed by atoms with van der Waals surface area (Å²) < 4.78 is 5.55. The van der Waals surface area contributed by atoms with Gasteiger partial charge < -0.3 is 15.2 Å². The van der Waals surface area contributed by atoms with E-state index in [0.717, 1.165) is 12.1 Å². The van der Waals surface area contributed by atoms with Crippen LogP contribution in [0.4, 0.5) is 0 Å². The molecule has 0 spiro atoms. The molecule has 0 bridgehead atoms. The van der Waals surface area contributed by atoms with Crippen molar-refractivity contribution in [1.82, 2.24) is 5.32 Å². The normalized spacial score (nSPS) is 18.7. The molecule has 4 heteroatoms. The fraction of sp³-hybridized carbons (Fsp3) is 0.417. The molecule has 0 amide bonds. The Balaban J connectivity index is 2.30. The number of carbonyl (C=O) groups is 1. The minimum absolute atomic E-state index is 0.206. The highest BCUT2D eigenvalue weighted by Gasteiger charge is 2.23. The Morgan fingerprint density at radius 3 is 3.12 bits per heavy atom. The summed E-state index contributed by atoms with van der Waals surface area (Å²) in [4.78, 5) is 11.1. The number of nitrogens with one attached hydrogen (secondary N) is 1. The number of ether oxygens (including phenoxy) is 1. The van der Waals surface area contributed by atoms with Crippen molar-refractivity contribution in [2.45, 2.75) is 19.4 Å². The number of hydrogen-bond donors (Lipinski definition) is 2. The van der Waals surface area contributed by atoms with Gasteiger partial charge in [-0.2, -0.15) is 0 Å². The second kappa shape index (κ2) is 4.53. The summed E-state index contributed by atoms with van der Waals surface area (Å²) in [5, 5.41) is 12.4. The summed E-state index contributed by atoms with van der Waals surface area (Å²) in [6, 6.07) is 5.37. The van der Waals surface area contributed by atoms with E-state index >= 15 is 0 Å². The molecule has 1 aliphatic rings. The van der Waals surface area contributed by atoms with Gasteiger partial charge in [-0.25, -0.2) is 4.79 Å². The number of hydrogen-bond acceptors (Lipinski definition) is 3. The van der Waals surface area contributed by atoms with Crippen LogP contribution in [0.15, 0.2) is 18.2 Å². The smallest absolute Gasteiger partial charge is 0.336 e. The molecule has 1 atom stereocenters. The van der Waals surface area contributed by atoms with Crippen LogP contribution in [0.1, 0.15) is 22.8 Å². The molecular weight excluding hydrogens is 206 g/mol. The largest absolute Gasteiger partial charge is 0.492 e. The molecule has 0 radical (unpaired) electrons. The molecule has 86 valence electrons. The van der Waals surface area contributed by atoms with E-state index in [2.05, 4.69) is 5.32 Å². The van der Waals surface area contributed by atoms with Crippen LogP contribution < -0.4 is 10.1 Å². The van der Waals surface area contributed by atoms with Gasteiger partial charge >= 0.3 is 5.97 Å². The van der Waals surface area contributed by atoms with Crippen molar-refractivity contribution < 1.29 is 14.6 Å². The van der Waals surface area contributed by atoms with Gasteiger partial charge in [0, 0.05) is 11.6 Å². The maximum Gasteiger partial charge on any atom is 0.336 e. The molecule has 1 unspecified atom stereocenters. The molecule has 1 aromatic rings. The van der Waals surface area contributed by atoms with Crippen molar-refractivity contribution in [2.75, 3.05) is 13.2 Å². The lowest BCUT2D eigenvalue weighted by Crippen LogP contribution is -2.39. The Bertz CT molecular complexity index is 403. The van der Waals surface area contributed by atoms with Crippen LogP contribution in [0.2, 0.25) is 0 Å². The van der Waals surface area contributed by atoms with E-state index in [1.807, 2.05) is 13.0 Å². The molecule has 0 fully saturated rings. The van der Waals surface area contributed by atoms with E-state index in [1.165, 1.54) is 0 Å². The minimum Gasteiger partial charge on any atom is -0.492 e. The monoisotopic (exact) mass is 221 g/mol. The van der Waals surface area contributed by atoms with Gasteiger partial charge in [-0.05, 0) is 25.1 Å². The standard InChI is InChI=1S/C12H15NO3/c1-2-13-8-6-10-9(12(14)15)4-3-5-11(10)16-7-8/h3-5,8,13H,2,6-7H2,1H3,(H,14,15). The lowest BCUT2D eigenvalue weighted by Gasteiger charge is -2.26. The highest BCUT2D eigenvalue weighted by Crippen LogP contribution is 2.27. The molecule has 0 saturated carbocycles. The Morgan fingerprint density at radius 1 is 1.62 bits per heavy atom. The highest BCUT2D eigenvalue weighted by molar-refractivity contribution is 5.90. The second-order valence-electron chi connectivity index (χ2n) is 3.86. The van der Waals surface area contributed by atoms with Crippen LogP contribution in [0.3, 0.4) is 0 Å². The summed E-state index contributed by atoms with van der Waals surface area (Å²) >= 11 is 0. The van der Waals surface area contributed by atoms with Crippen molar-refractivity contribution in [3.05, 3.63) is 29.3 Å². The van der Waals surface area contributed by atoms with Gasteiger partial charge in [-0.1, -0.05) is 13.0 Å². The fourth-order valence-corrected chi connectivity index (χ4v) is 2.03. The van der Waals surface area contributed by atoms with Gasteiger partial charge in [0.25, 0.3) is 0 Å². The zero-order valence-corrected chi connectivity index (χ0v) is 9.19. The fourth-order valence-electron chi connectivity index (χ4n) is 2.03. The first-order valence-electron chi connectivity index (χ1n) is 5.43. The lowest BCUT2D eigenvalue weighted by molar-refractivity contribution is 0.0693. The van der Waals surface area contributed by atoms with Gasteiger partial charge in [-0.3, -0.25) is 0 Å². The van der Waals surface area contributed by atoms with Crippen LogP contribution in [0, 0.1) is 0 Å². The molecule has 1 aliphatic heterocycles. The summed E-state index contributed by atoms with van der Waals surface area (Å²) in [6.07, 6.45) is 0.714. The predicted octanol–water partition coefficient (Wildman–Crippen LogP) is 1.30. The van der Waals surface area contributed by atoms with E-state index in [-0.39, 0.29) is 6.04 Å². The predicted molar refractivity (Wildman–Crippen MR) is 60.1 cm³/mol. The molecule has 0 aliphatic carbocycles. The maximum atomic E-state index is 11.1. The van der Waals surface area contributed by atoms with Gasteiger partial charge in [0.05, 0.1) is 5.56 Å². The van der Waals surface area contributed by atoms with Gasteiger partial charge in [0.2, 0.25) is 0 Å². The van der Waals surface area contributed by atoms with Crippen molar-refractivity contribution in [2.24, 2.45) is 0 Å². The first-order chi connectivity index (χ1) is 7.72. The third kappa shape index (κ3) is 2.02. The second-order valence-corrected chi connectivity index (χ2v) is 3.86. The van der Waals surface area contributed by atoms with Crippen molar-refractivity contribution in [3.63, 3.8) is 0 Å². The Morgan fingerprint density at radius 2 is 2.44 bits per heavy atom. The Labute approximate surface area is 94.2 Å². The van der Waals surface area contributed by atoms with Gasteiger partial charge in [-0.15, -0.1) is 0 Å². The quantitative estimate of drug-likeness (QED) is 0.807. The van der Waals surface area contributed by atoms with Crippen LogP contribution in [0.5, 0.6) is 5.75 Å². The number of aromatic carboxylic acids is 1. The highest BCUT2D eigenvalue weighted by atomic mass is 16.5.